The second-order valence-corrected chi connectivity index (χ2v) is 5.73. The van der Waals surface area contributed by atoms with Gasteiger partial charge < -0.3 is 5.73 Å². The predicted molar refractivity (Wildman–Crippen MR) is 83.8 cm³/mol. The minimum atomic E-state index is -0.177. The van der Waals surface area contributed by atoms with Gasteiger partial charge in [-0.25, -0.2) is 4.39 Å². The number of nitrogens with zero attached hydrogens (tertiary/aromatic N) is 1. The first-order chi connectivity index (χ1) is 9.61. The lowest BCUT2D eigenvalue weighted by molar-refractivity contribution is 0.238. The highest BCUT2D eigenvalue weighted by atomic mass is 79.9. The molecule has 2 N–H and O–H groups in total. The van der Waals surface area contributed by atoms with Crippen LogP contribution in [-0.2, 0) is 6.54 Å². The lowest BCUT2D eigenvalue weighted by Crippen LogP contribution is -2.30. The first-order valence-electron chi connectivity index (χ1n) is 6.51. The molecule has 106 valence electrons. The zero-order chi connectivity index (χ0) is 14.5. The Morgan fingerprint density at radius 3 is 2.60 bits per heavy atom. The van der Waals surface area contributed by atoms with Gasteiger partial charge >= 0.3 is 0 Å². The standard InChI is InChI=1S/C16H18BrFN2/c1-20(11-13-5-2-3-8-15(13)18)16(10-19)12-6-4-7-14(17)9-12/h2-9,16H,10-11,19H2,1H3. The van der Waals surface area contributed by atoms with E-state index in [-0.39, 0.29) is 11.9 Å². The lowest BCUT2D eigenvalue weighted by atomic mass is 10.0. The molecule has 0 aliphatic carbocycles. The highest BCUT2D eigenvalue weighted by molar-refractivity contribution is 9.10. The number of hydrogen-bond acceptors (Lipinski definition) is 2. The van der Waals surface area contributed by atoms with Gasteiger partial charge in [0.05, 0.1) is 0 Å². The highest BCUT2D eigenvalue weighted by Crippen LogP contribution is 2.23. The Hall–Kier alpha value is -1.23. The molecule has 0 radical (unpaired) electrons. The fraction of sp³-hybridized carbons (Fsp3) is 0.250. The quantitative estimate of drug-likeness (QED) is 0.901. The lowest BCUT2D eigenvalue weighted by Gasteiger charge is -2.27. The molecule has 0 saturated heterocycles. The van der Waals surface area contributed by atoms with Crippen LogP contribution in [0, 0.1) is 5.82 Å². The van der Waals surface area contributed by atoms with E-state index in [9.17, 15) is 4.39 Å². The molecule has 0 fully saturated rings. The van der Waals surface area contributed by atoms with Gasteiger partial charge in [0.2, 0.25) is 0 Å². The fourth-order valence-electron chi connectivity index (χ4n) is 2.29. The molecule has 4 heteroatoms. The molecule has 0 aliphatic rings. The van der Waals surface area contributed by atoms with Gasteiger partial charge in [0, 0.05) is 29.2 Å². The highest BCUT2D eigenvalue weighted by Gasteiger charge is 2.17. The molecule has 2 aromatic carbocycles. The van der Waals surface area contributed by atoms with Crippen LogP contribution in [0.3, 0.4) is 0 Å². The zero-order valence-electron chi connectivity index (χ0n) is 11.4. The molecule has 0 bridgehead atoms. The second kappa shape index (κ2) is 6.97. The summed E-state index contributed by atoms with van der Waals surface area (Å²) in [4.78, 5) is 2.07. The second-order valence-electron chi connectivity index (χ2n) is 4.81. The molecule has 2 aromatic rings. The molecule has 0 aromatic heterocycles. The van der Waals surface area contributed by atoms with Crippen LogP contribution in [-0.4, -0.2) is 18.5 Å². The normalized spacial score (nSPS) is 12.7. The molecule has 20 heavy (non-hydrogen) atoms. The molecule has 1 unspecified atom stereocenters. The molecule has 0 spiro atoms. The molecular formula is C16H18BrFN2. The molecule has 2 rings (SSSR count). The van der Waals surface area contributed by atoms with Crippen molar-refractivity contribution in [3.8, 4) is 0 Å². The summed E-state index contributed by atoms with van der Waals surface area (Å²) in [6.45, 7) is 1.02. The maximum Gasteiger partial charge on any atom is 0.127 e. The summed E-state index contributed by atoms with van der Waals surface area (Å²) in [7, 11) is 1.96. The van der Waals surface area contributed by atoms with Crippen molar-refractivity contribution in [1.82, 2.24) is 4.90 Å². The van der Waals surface area contributed by atoms with Crippen molar-refractivity contribution in [2.24, 2.45) is 5.73 Å². The number of benzene rings is 2. The van der Waals surface area contributed by atoms with Gasteiger partial charge in [0.1, 0.15) is 5.82 Å². The summed E-state index contributed by atoms with van der Waals surface area (Å²) in [5.74, 6) is -0.177. The maximum absolute atomic E-state index is 13.7. The van der Waals surface area contributed by atoms with Crippen molar-refractivity contribution in [2.75, 3.05) is 13.6 Å². The predicted octanol–water partition coefficient (Wildman–Crippen LogP) is 3.72. The topological polar surface area (TPSA) is 29.3 Å². The van der Waals surface area contributed by atoms with E-state index in [2.05, 4.69) is 26.9 Å². The third-order valence-corrected chi connectivity index (χ3v) is 3.86. The Bertz CT molecular complexity index is 574. The van der Waals surface area contributed by atoms with Gasteiger partial charge in [-0.3, -0.25) is 4.90 Å². The largest absolute Gasteiger partial charge is 0.329 e. The Kier molecular flexibility index (Phi) is 5.29. The Balaban J connectivity index is 2.17. The summed E-state index contributed by atoms with van der Waals surface area (Å²) in [6.07, 6.45) is 0. The van der Waals surface area contributed by atoms with E-state index in [0.29, 0.717) is 18.7 Å². The fourth-order valence-corrected chi connectivity index (χ4v) is 2.71. The summed E-state index contributed by atoms with van der Waals surface area (Å²) in [5, 5.41) is 0. The van der Waals surface area contributed by atoms with E-state index < -0.39 is 0 Å². The Morgan fingerprint density at radius 2 is 1.95 bits per heavy atom. The van der Waals surface area contributed by atoms with Gasteiger partial charge in [0.25, 0.3) is 0 Å². The summed E-state index contributed by atoms with van der Waals surface area (Å²) in [5.41, 5.74) is 7.71. The van der Waals surface area contributed by atoms with Gasteiger partial charge in [0.15, 0.2) is 0 Å². The van der Waals surface area contributed by atoms with Gasteiger partial charge in [-0.05, 0) is 30.8 Å². The monoisotopic (exact) mass is 336 g/mol. The van der Waals surface area contributed by atoms with Gasteiger partial charge in [-0.1, -0.05) is 46.3 Å². The minimum absolute atomic E-state index is 0.0621. The van der Waals surface area contributed by atoms with E-state index >= 15 is 0 Å². The van der Waals surface area contributed by atoms with Crippen molar-refractivity contribution < 1.29 is 4.39 Å². The summed E-state index contributed by atoms with van der Waals surface area (Å²) in [6, 6.07) is 15.0. The number of halogens is 2. The van der Waals surface area contributed by atoms with Crippen molar-refractivity contribution in [2.45, 2.75) is 12.6 Å². The van der Waals surface area contributed by atoms with Gasteiger partial charge in [-0.15, -0.1) is 0 Å². The molecular weight excluding hydrogens is 319 g/mol. The third-order valence-electron chi connectivity index (χ3n) is 3.37. The van der Waals surface area contributed by atoms with Crippen LogP contribution in [0.5, 0.6) is 0 Å². The summed E-state index contributed by atoms with van der Waals surface area (Å²) < 4.78 is 14.7. The van der Waals surface area contributed by atoms with E-state index in [1.54, 1.807) is 12.1 Å². The van der Waals surface area contributed by atoms with Crippen LogP contribution >= 0.6 is 15.9 Å². The smallest absolute Gasteiger partial charge is 0.127 e. The summed E-state index contributed by atoms with van der Waals surface area (Å²) >= 11 is 3.47. The van der Waals surface area contributed by atoms with Crippen molar-refractivity contribution >= 4 is 15.9 Å². The molecule has 2 nitrogen and oxygen atoms in total. The van der Waals surface area contributed by atoms with E-state index in [4.69, 9.17) is 5.73 Å². The first-order valence-corrected chi connectivity index (χ1v) is 7.30. The minimum Gasteiger partial charge on any atom is -0.329 e. The van der Waals surface area contributed by atoms with E-state index in [1.807, 2.05) is 31.3 Å². The van der Waals surface area contributed by atoms with Crippen molar-refractivity contribution in [3.05, 3.63) is 69.9 Å². The number of hydrogen-bond donors (Lipinski definition) is 1. The van der Waals surface area contributed by atoms with Crippen LogP contribution < -0.4 is 5.73 Å². The van der Waals surface area contributed by atoms with Crippen molar-refractivity contribution in [3.63, 3.8) is 0 Å². The van der Waals surface area contributed by atoms with E-state index in [0.717, 1.165) is 10.0 Å². The zero-order valence-corrected chi connectivity index (χ0v) is 13.0. The van der Waals surface area contributed by atoms with E-state index in [1.165, 1.54) is 6.07 Å². The van der Waals surface area contributed by atoms with Crippen molar-refractivity contribution in [1.29, 1.82) is 0 Å². The van der Waals surface area contributed by atoms with Gasteiger partial charge in [-0.2, -0.15) is 0 Å². The van der Waals surface area contributed by atoms with Crippen LogP contribution in [0.15, 0.2) is 53.0 Å². The molecule has 0 aliphatic heterocycles. The average Bonchev–Trinajstić information content (AvgIpc) is 2.42. The van der Waals surface area contributed by atoms with Crippen LogP contribution in [0.1, 0.15) is 17.2 Å². The molecule has 1 atom stereocenters. The number of nitrogens with two attached hydrogens (primary N) is 1. The number of likely N-dealkylation sites (N-methyl/N-ethyl adjacent to an activating group) is 1. The molecule has 0 amide bonds. The maximum atomic E-state index is 13.7. The molecule has 0 saturated carbocycles. The molecule has 0 heterocycles. The van der Waals surface area contributed by atoms with Crippen LogP contribution in [0.2, 0.25) is 0 Å². The Morgan fingerprint density at radius 1 is 1.20 bits per heavy atom. The van der Waals surface area contributed by atoms with Crippen LogP contribution in [0.25, 0.3) is 0 Å². The SMILES string of the molecule is CN(Cc1ccccc1F)C(CN)c1cccc(Br)c1. The first kappa shape index (κ1) is 15.2. The number of rotatable bonds is 5. The van der Waals surface area contributed by atoms with Crippen LogP contribution in [0.4, 0.5) is 4.39 Å². The average molecular weight is 337 g/mol. The Labute approximate surface area is 127 Å². The third kappa shape index (κ3) is 3.66.